The molecule has 0 spiro atoms. The van der Waals surface area contributed by atoms with Crippen molar-refractivity contribution in [2.75, 3.05) is 0 Å². The Bertz CT molecular complexity index is 425. The topological polar surface area (TPSA) is 37.8 Å². The number of hydrogen-bond acceptors (Lipinski definition) is 4. The fraction of sp³-hybridized carbons (Fsp3) is 0.333. The molecular weight excluding hydrogens is 218 g/mol. The molecule has 0 aromatic carbocycles. The van der Waals surface area contributed by atoms with Crippen LogP contribution in [-0.4, -0.2) is 9.97 Å². The number of aryl methyl sites for hydroxylation is 1. The van der Waals surface area contributed by atoms with E-state index in [-0.39, 0.29) is 0 Å². The van der Waals surface area contributed by atoms with Crippen molar-refractivity contribution >= 4 is 11.3 Å². The normalized spacial score (nSPS) is 10.6. The van der Waals surface area contributed by atoms with Gasteiger partial charge in [-0.15, -0.1) is 11.3 Å². The second kappa shape index (κ2) is 5.72. The van der Waals surface area contributed by atoms with Gasteiger partial charge in [0.25, 0.3) is 0 Å². The molecule has 0 saturated carbocycles. The van der Waals surface area contributed by atoms with Gasteiger partial charge in [0.1, 0.15) is 0 Å². The van der Waals surface area contributed by atoms with Gasteiger partial charge in [-0.25, -0.2) is 4.98 Å². The molecule has 0 fully saturated rings. The molecule has 0 atom stereocenters. The zero-order valence-electron chi connectivity index (χ0n) is 9.31. The van der Waals surface area contributed by atoms with E-state index in [0.717, 1.165) is 25.2 Å². The molecule has 0 unspecified atom stereocenters. The van der Waals surface area contributed by atoms with Crippen LogP contribution in [0.5, 0.6) is 0 Å². The van der Waals surface area contributed by atoms with Gasteiger partial charge in [0.2, 0.25) is 0 Å². The average Bonchev–Trinajstić information content (AvgIpc) is 2.78. The smallest absolute Gasteiger partial charge is 0.0926 e. The molecule has 2 aromatic heterocycles. The Morgan fingerprint density at radius 3 is 2.75 bits per heavy atom. The summed E-state index contributed by atoms with van der Waals surface area (Å²) in [5.74, 6) is 0. The number of nitrogens with zero attached hydrogens (tertiary/aromatic N) is 2. The van der Waals surface area contributed by atoms with Crippen molar-refractivity contribution in [2.45, 2.75) is 26.4 Å². The van der Waals surface area contributed by atoms with Crippen LogP contribution in [0.15, 0.2) is 29.9 Å². The van der Waals surface area contributed by atoms with Crippen molar-refractivity contribution in [2.24, 2.45) is 0 Å². The van der Waals surface area contributed by atoms with Crippen molar-refractivity contribution in [1.29, 1.82) is 0 Å². The third kappa shape index (κ3) is 3.12. The van der Waals surface area contributed by atoms with E-state index in [2.05, 4.69) is 27.6 Å². The van der Waals surface area contributed by atoms with Gasteiger partial charge in [0, 0.05) is 30.9 Å². The number of nitrogens with one attached hydrogen (secondary N) is 1. The van der Waals surface area contributed by atoms with Crippen LogP contribution in [0, 0.1) is 0 Å². The van der Waals surface area contributed by atoms with E-state index in [1.54, 1.807) is 11.3 Å². The van der Waals surface area contributed by atoms with E-state index in [1.807, 2.05) is 24.5 Å². The molecule has 16 heavy (non-hydrogen) atoms. The lowest BCUT2D eigenvalue weighted by Gasteiger charge is -2.01. The lowest BCUT2D eigenvalue weighted by molar-refractivity contribution is 0.680. The lowest BCUT2D eigenvalue weighted by atomic mass is 10.3. The highest BCUT2D eigenvalue weighted by molar-refractivity contribution is 7.09. The second-order valence-electron chi connectivity index (χ2n) is 3.55. The maximum atomic E-state index is 4.50. The second-order valence-corrected chi connectivity index (χ2v) is 4.49. The van der Waals surface area contributed by atoms with Crippen LogP contribution in [0.2, 0.25) is 0 Å². The molecule has 2 rings (SSSR count). The van der Waals surface area contributed by atoms with Crippen molar-refractivity contribution < 1.29 is 0 Å². The van der Waals surface area contributed by atoms with Crippen molar-refractivity contribution in [3.8, 4) is 0 Å². The summed E-state index contributed by atoms with van der Waals surface area (Å²) >= 11 is 1.73. The van der Waals surface area contributed by atoms with E-state index >= 15 is 0 Å². The SMILES string of the molecule is CCc1nc(CNCc2ccncc2)cs1. The number of rotatable bonds is 5. The van der Waals surface area contributed by atoms with Crippen LogP contribution >= 0.6 is 11.3 Å². The third-order valence-electron chi connectivity index (χ3n) is 2.29. The maximum absolute atomic E-state index is 4.50. The first-order valence-electron chi connectivity index (χ1n) is 5.41. The summed E-state index contributed by atoms with van der Waals surface area (Å²) in [7, 11) is 0. The van der Waals surface area contributed by atoms with Gasteiger partial charge in [-0.1, -0.05) is 6.92 Å². The summed E-state index contributed by atoms with van der Waals surface area (Å²) in [4.78, 5) is 8.49. The van der Waals surface area contributed by atoms with E-state index in [0.29, 0.717) is 0 Å². The first-order valence-corrected chi connectivity index (χ1v) is 6.29. The highest BCUT2D eigenvalue weighted by atomic mass is 32.1. The minimum atomic E-state index is 0.832. The highest BCUT2D eigenvalue weighted by Crippen LogP contribution is 2.09. The third-order valence-corrected chi connectivity index (χ3v) is 3.33. The minimum absolute atomic E-state index is 0.832. The predicted octanol–water partition coefficient (Wildman–Crippen LogP) is 2.39. The van der Waals surface area contributed by atoms with E-state index < -0.39 is 0 Å². The summed E-state index contributed by atoms with van der Waals surface area (Å²) in [6, 6.07) is 4.04. The highest BCUT2D eigenvalue weighted by Gasteiger charge is 1.99. The molecule has 1 N–H and O–H groups in total. The van der Waals surface area contributed by atoms with Crippen LogP contribution in [0.1, 0.15) is 23.2 Å². The zero-order chi connectivity index (χ0) is 11.2. The van der Waals surface area contributed by atoms with Gasteiger partial charge in [-0.3, -0.25) is 4.98 Å². The molecule has 2 heterocycles. The van der Waals surface area contributed by atoms with E-state index in [1.165, 1.54) is 10.6 Å². The lowest BCUT2D eigenvalue weighted by Crippen LogP contribution is -2.12. The molecule has 4 heteroatoms. The number of pyridine rings is 1. The summed E-state index contributed by atoms with van der Waals surface area (Å²) in [6.45, 7) is 3.83. The first-order chi connectivity index (χ1) is 7.88. The monoisotopic (exact) mass is 233 g/mol. The number of hydrogen-bond donors (Lipinski definition) is 1. The van der Waals surface area contributed by atoms with Gasteiger partial charge in [-0.05, 0) is 24.1 Å². The molecule has 0 aliphatic heterocycles. The maximum Gasteiger partial charge on any atom is 0.0926 e. The summed E-state index contributed by atoms with van der Waals surface area (Å²) in [6.07, 6.45) is 4.65. The summed E-state index contributed by atoms with van der Waals surface area (Å²) in [5, 5.41) is 6.70. The van der Waals surface area contributed by atoms with Crippen LogP contribution in [0.25, 0.3) is 0 Å². The summed E-state index contributed by atoms with van der Waals surface area (Å²) in [5.41, 5.74) is 2.39. The fourth-order valence-corrected chi connectivity index (χ4v) is 2.17. The Hall–Kier alpha value is -1.26. The van der Waals surface area contributed by atoms with Crippen molar-refractivity contribution in [3.63, 3.8) is 0 Å². The molecule has 0 amide bonds. The Balaban J connectivity index is 1.80. The van der Waals surface area contributed by atoms with Gasteiger partial charge in [0.15, 0.2) is 0 Å². The Morgan fingerprint density at radius 2 is 2.06 bits per heavy atom. The summed E-state index contributed by atoms with van der Waals surface area (Å²) < 4.78 is 0. The largest absolute Gasteiger partial charge is 0.307 e. The molecule has 2 aromatic rings. The van der Waals surface area contributed by atoms with E-state index in [9.17, 15) is 0 Å². The number of aromatic nitrogens is 2. The predicted molar refractivity (Wildman–Crippen MR) is 66.3 cm³/mol. The van der Waals surface area contributed by atoms with Crippen LogP contribution < -0.4 is 5.32 Å². The van der Waals surface area contributed by atoms with Crippen molar-refractivity contribution in [3.05, 3.63) is 46.2 Å². The Morgan fingerprint density at radius 1 is 1.25 bits per heavy atom. The van der Waals surface area contributed by atoms with Crippen LogP contribution in [0.4, 0.5) is 0 Å². The van der Waals surface area contributed by atoms with Gasteiger partial charge in [0.05, 0.1) is 10.7 Å². The quantitative estimate of drug-likeness (QED) is 0.861. The Labute approximate surface area is 99.6 Å². The molecule has 84 valence electrons. The fourth-order valence-electron chi connectivity index (χ4n) is 1.43. The average molecular weight is 233 g/mol. The first kappa shape index (κ1) is 11.2. The van der Waals surface area contributed by atoms with Crippen molar-refractivity contribution in [1.82, 2.24) is 15.3 Å². The van der Waals surface area contributed by atoms with Crippen LogP contribution in [0.3, 0.4) is 0 Å². The molecule has 0 bridgehead atoms. The number of thiazole rings is 1. The Kier molecular flexibility index (Phi) is 4.02. The molecular formula is C12H15N3S. The van der Waals surface area contributed by atoms with Gasteiger partial charge >= 0.3 is 0 Å². The van der Waals surface area contributed by atoms with E-state index in [4.69, 9.17) is 0 Å². The van der Waals surface area contributed by atoms with Gasteiger partial charge in [-0.2, -0.15) is 0 Å². The molecule has 0 radical (unpaired) electrons. The van der Waals surface area contributed by atoms with Crippen LogP contribution in [-0.2, 0) is 19.5 Å². The molecule has 0 aliphatic carbocycles. The van der Waals surface area contributed by atoms with Gasteiger partial charge < -0.3 is 5.32 Å². The zero-order valence-corrected chi connectivity index (χ0v) is 10.1. The minimum Gasteiger partial charge on any atom is -0.307 e. The molecule has 0 aliphatic rings. The molecule has 3 nitrogen and oxygen atoms in total. The standard InChI is InChI=1S/C12H15N3S/c1-2-12-15-11(9-16-12)8-14-7-10-3-5-13-6-4-10/h3-6,9,14H,2,7-8H2,1H3. The molecule has 0 saturated heterocycles.